The molecule has 0 fully saturated rings. The Balaban J connectivity index is 1.91. The highest BCUT2D eigenvalue weighted by molar-refractivity contribution is 7.89. The lowest BCUT2D eigenvalue weighted by Gasteiger charge is -2.16. The third-order valence-electron chi connectivity index (χ3n) is 4.52. The zero-order valence-electron chi connectivity index (χ0n) is 15.2. The molecule has 1 amide bonds. The number of amides is 1. The fraction of sp³-hybridized carbons (Fsp3) is 0.0952. The van der Waals surface area contributed by atoms with E-state index in [0.29, 0.717) is 0 Å². The Bertz CT molecular complexity index is 1050. The van der Waals surface area contributed by atoms with Gasteiger partial charge < -0.3 is 0 Å². The number of hydroxylamine groups is 1. The third kappa shape index (κ3) is 4.12. The van der Waals surface area contributed by atoms with Crippen molar-refractivity contribution in [2.45, 2.75) is 10.8 Å². The quantitative estimate of drug-likeness (QED) is 0.441. The Kier molecular flexibility index (Phi) is 5.89. The molecule has 144 valence electrons. The average Bonchev–Trinajstić information content (AvgIpc) is 2.75. The van der Waals surface area contributed by atoms with Gasteiger partial charge in [0.2, 0.25) is 10.0 Å². The molecule has 0 radical (unpaired) electrons. The van der Waals surface area contributed by atoms with Crippen LogP contribution in [0.4, 0.5) is 0 Å². The van der Waals surface area contributed by atoms with Crippen molar-refractivity contribution in [1.29, 1.82) is 0 Å². The largest absolute Gasteiger partial charge is 0.289 e. The molecule has 0 aliphatic carbocycles. The van der Waals surface area contributed by atoms with Gasteiger partial charge in [-0.1, -0.05) is 66.7 Å². The van der Waals surface area contributed by atoms with Crippen molar-refractivity contribution in [1.82, 2.24) is 10.2 Å². The predicted octanol–water partition coefficient (Wildman–Crippen LogP) is 2.90. The first kappa shape index (κ1) is 19.8. The van der Waals surface area contributed by atoms with Gasteiger partial charge in [-0.25, -0.2) is 18.6 Å². The summed E-state index contributed by atoms with van der Waals surface area (Å²) in [5, 5.41) is 9.12. The number of nitrogens with one attached hydrogen (secondary N) is 2. The van der Waals surface area contributed by atoms with E-state index in [1.165, 1.54) is 7.05 Å². The van der Waals surface area contributed by atoms with Crippen molar-refractivity contribution >= 4 is 15.9 Å². The summed E-state index contributed by atoms with van der Waals surface area (Å²) in [6, 6.07) is 23.1. The van der Waals surface area contributed by atoms with E-state index in [2.05, 4.69) is 4.72 Å². The van der Waals surface area contributed by atoms with E-state index in [1.54, 1.807) is 29.7 Å². The zero-order valence-corrected chi connectivity index (χ0v) is 16.0. The van der Waals surface area contributed by atoms with Crippen LogP contribution >= 0.6 is 0 Å². The Hall–Kier alpha value is -3.00. The summed E-state index contributed by atoms with van der Waals surface area (Å²) >= 11 is 0. The molecule has 3 N–H and O–H groups in total. The van der Waals surface area contributed by atoms with Crippen molar-refractivity contribution in [3.8, 4) is 11.1 Å². The molecule has 3 aromatic carbocycles. The lowest BCUT2D eigenvalue weighted by molar-refractivity contribution is -0.129. The van der Waals surface area contributed by atoms with Crippen molar-refractivity contribution < 1.29 is 18.4 Å². The van der Waals surface area contributed by atoms with Gasteiger partial charge in [0.05, 0.1) is 10.8 Å². The third-order valence-corrected chi connectivity index (χ3v) is 5.95. The molecule has 0 bridgehead atoms. The molecule has 7 heteroatoms. The summed E-state index contributed by atoms with van der Waals surface area (Å²) in [7, 11) is -2.11. The lowest BCUT2D eigenvalue weighted by atomic mass is 9.89. The molecule has 0 saturated heterocycles. The molecule has 0 aliphatic heterocycles. The first-order chi connectivity index (χ1) is 13.5. The Morgan fingerprint density at radius 2 is 1.32 bits per heavy atom. The second-order valence-electron chi connectivity index (χ2n) is 6.17. The maximum Gasteiger partial charge on any atom is 0.255 e. The number of sulfonamides is 1. The van der Waals surface area contributed by atoms with Crippen molar-refractivity contribution in [3.05, 3.63) is 90.0 Å². The van der Waals surface area contributed by atoms with Crippen LogP contribution in [-0.2, 0) is 14.8 Å². The minimum absolute atomic E-state index is 0.194. The van der Waals surface area contributed by atoms with Crippen LogP contribution in [0.5, 0.6) is 0 Å². The lowest BCUT2D eigenvalue weighted by Crippen LogP contribution is -2.27. The normalized spacial score (nSPS) is 12.4. The van der Waals surface area contributed by atoms with Crippen molar-refractivity contribution in [2.24, 2.45) is 0 Å². The monoisotopic (exact) mass is 396 g/mol. The number of hydrogen-bond acceptors (Lipinski definition) is 4. The van der Waals surface area contributed by atoms with Crippen LogP contribution in [0.2, 0.25) is 0 Å². The van der Waals surface area contributed by atoms with Crippen LogP contribution in [0.3, 0.4) is 0 Å². The van der Waals surface area contributed by atoms with Crippen LogP contribution < -0.4 is 10.2 Å². The fourth-order valence-corrected chi connectivity index (χ4v) is 3.75. The molecule has 0 aromatic heterocycles. The van der Waals surface area contributed by atoms with Crippen LogP contribution in [0.1, 0.15) is 17.0 Å². The minimum Gasteiger partial charge on any atom is -0.289 e. The Morgan fingerprint density at radius 3 is 1.82 bits per heavy atom. The predicted molar refractivity (Wildman–Crippen MR) is 106 cm³/mol. The zero-order chi connectivity index (χ0) is 20.1. The SMILES string of the molecule is CNS(=O)(=O)c1ccc(-c2ccc(C(C(=O)NO)c3ccccc3)cc2)cc1. The van der Waals surface area contributed by atoms with E-state index < -0.39 is 21.8 Å². The van der Waals surface area contributed by atoms with E-state index in [4.69, 9.17) is 5.21 Å². The molecule has 6 nitrogen and oxygen atoms in total. The summed E-state index contributed by atoms with van der Waals surface area (Å²) in [5.41, 5.74) is 4.97. The molecular weight excluding hydrogens is 376 g/mol. The topological polar surface area (TPSA) is 95.5 Å². The molecule has 1 atom stereocenters. The molecular formula is C21H20N2O4S. The minimum atomic E-state index is -3.48. The molecule has 28 heavy (non-hydrogen) atoms. The van der Waals surface area contributed by atoms with Crippen molar-refractivity contribution in [2.75, 3.05) is 7.05 Å². The highest BCUT2D eigenvalue weighted by atomic mass is 32.2. The fourth-order valence-electron chi connectivity index (χ4n) is 3.02. The van der Waals surface area contributed by atoms with E-state index in [1.807, 2.05) is 54.6 Å². The maximum atomic E-state index is 12.2. The van der Waals surface area contributed by atoms with Crippen LogP contribution in [-0.4, -0.2) is 26.6 Å². The molecule has 0 spiro atoms. The number of benzene rings is 3. The van der Waals surface area contributed by atoms with E-state index in [0.717, 1.165) is 22.3 Å². The second-order valence-corrected chi connectivity index (χ2v) is 8.06. The van der Waals surface area contributed by atoms with Gasteiger partial charge in [0.15, 0.2) is 0 Å². The summed E-state index contributed by atoms with van der Waals surface area (Å²) in [5.74, 6) is -1.15. The maximum absolute atomic E-state index is 12.2. The van der Waals surface area contributed by atoms with Crippen LogP contribution in [0, 0.1) is 0 Å². The molecule has 3 aromatic rings. The Labute approximate surface area is 163 Å². The summed E-state index contributed by atoms with van der Waals surface area (Å²) < 4.78 is 25.9. The molecule has 1 unspecified atom stereocenters. The molecule has 0 saturated carbocycles. The highest BCUT2D eigenvalue weighted by Crippen LogP contribution is 2.28. The van der Waals surface area contributed by atoms with E-state index in [-0.39, 0.29) is 4.90 Å². The van der Waals surface area contributed by atoms with Gasteiger partial charge in [-0.3, -0.25) is 10.0 Å². The summed E-state index contributed by atoms with van der Waals surface area (Å²) in [6.07, 6.45) is 0. The Morgan fingerprint density at radius 1 is 0.821 bits per heavy atom. The second kappa shape index (κ2) is 8.35. The summed E-state index contributed by atoms with van der Waals surface area (Å²) in [4.78, 5) is 12.4. The molecule has 0 aliphatic rings. The number of rotatable bonds is 6. The van der Waals surface area contributed by atoms with Crippen LogP contribution in [0.25, 0.3) is 11.1 Å². The smallest absolute Gasteiger partial charge is 0.255 e. The van der Waals surface area contributed by atoms with Gasteiger partial charge in [0.25, 0.3) is 5.91 Å². The summed E-state index contributed by atoms with van der Waals surface area (Å²) in [6.45, 7) is 0. The van der Waals surface area contributed by atoms with Gasteiger partial charge in [-0.05, 0) is 41.4 Å². The number of carbonyl (C=O) groups excluding carboxylic acids is 1. The first-order valence-electron chi connectivity index (χ1n) is 8.59. The molecule has 0 heterocycles. The number of hydrogen-bond donors (Lipinski definition) is 3. The van der Waals surface area contributed by atoms with Gasteiger partial charge in [-0.2, -0.15) is 0 Å². The van der Waals surface area contributed by atoms with Crippen LogP contribution in [0.15, 0.2) is 83.8 Å². The average molecular weight is 396 g/mol. The van der Waals surface area contributed by atoms with Gasteiger partial charge in [-0.15, -0.1) is 0 Å². The van der Waals surface area contributed by atoms with Gasteiger partial charge in [0.1, 0.15) is 0 Å². The highest BCUT2D eigenvalue weighted by Gasteiger charge is 2.22. The van der Waals surface area contributed by atoms with Gasteiger partial charge >= 0.3 is 0 Å². The molecule has 3 rings (SSSR count). The first-order valence-corrected chi connectivity index (χ1v) is 10.1. The standard InChI is InChI=1S/C21H20N2O4S/c1-22-28(26,27)19-13-11-16(12-14-19)15-7-9-18(10-8-15)20(21(24)23-25)17-5-3-2-4-6-17/h2-14,20,22,25H,1H3,(H,23,24). The number of carbonyl (C=O) groups is 1. The van der Waals surface area contributed by atoms with E-state index >= 15 is 0 Å². The van der Waals surface area contributed by atoms with Crippen molar-refractivity contribution in [3.63, 3.8) is 0 Å². The van der Waals surface area contributed by atoms with E-state index in [9.17, 15) is 13.2 Å². The van der Waals surface area contributed by atoms with Gasteiger partial charge in [0, 0.05) is 0 Å².